The van der Waals surface area contributed by atoms with Crippen LogP contribution in [0.1, 0.15) is 23.6 Å². The smallest absolute Gasteiger partial charge is 0.298 e. The summed E-state index contributed by atoms with van der Waals surface area (Å²) >= 11 is 0.927. The summed E-state index contributed by atoms with van der Waals surface area (Å²) in [5.74, 6) is -0.463. The number of nitrogens with zero attached hydrogens (tertiary/aromatic N) is 2. The lowest BCUT2D eigenvalue weighted by molar-refractivity contribution is -0.121. The first-order chi connectivity index (χ1) is 16.4. The molecule has 0 atom stereocenters. The predicted molar refractivity (Wildman–Crippen MR) is 136 cm³/mol. The molecule has 1 saturated heterocycles. The highest BCUT2D eigenvalue weighted by molar-refractivity contribution is 8.19. The van der Waals surface area contributed by atoms with Crippen LogP contribution in [0.2, 0.25) is 0 Å². The van der Waals surface area contributed by atoms with Gasteiger partial charge in [-0.2, -0.15) is 0 Å². The Kier molecular flexibility index (Phi) is 7.19. The Bertz CT molecular complexity index is 1280. The number of carbonyl (C=O) groups is 3. The standard InChI is InChI=1S/C26H27N3O4S/c1-4-18-6-5-7-21-19(15-28(24(18)21)16-23(30)27-12-13-33-3)14-22-25(31)29(26(32)34-22)20-10-8-17(2)9-11-20/h5-11,14-15H,4,12-13,16H2,1-3H3,(H,27,30)/b22-14-. The van der Waals surface area contributed by atoms with E-state index in [1.807, 2.05) is 48.0 Å². The number of methoxy groups -OCH3 is 1. The molecule has 0 saturated carbocycles. The number of fused-ring (bicyclic) bond motifs is 1. The first kappa shape index (κ1) is 23.8. The van der Waals surface area contributed by atoms with Crippen LogP contribution in [0.25, 0.3) is 17.0 Å². The average molecular weight is 478 g/mol. The van der Waals surface area contributed by atoms with Crippen molar-refractivity contribution in [1.29, 1.82) is 0 Å². The molecule has 1 N–H and O–H groups in total. The Hall–Kier alpha value is -3.36. The minimum atomic E-state index is -0.344. The first-order valence-electron chi connectivity index (χ1n) is 11.1. The fraction of sp³-hybridized carbons (Fsp3) is 0.269. The highest BCUT2D eigenvalue weighted by Gasteiger charge is 2.36. The van der Waals surface area contributed by atoms with E-state index >= 15 is 0 Å². The van der Waals surface area contributed by atoms with Crippen molar-refractivity contribution in [1.82, 2.24) is 9.88 Å². The predicted octanol–water partition coefficient (Wildman–Crippen LogP) is 4.52. The van der Waals surface area contributed by atoms with Crippen molar-refractivity contribution in [2.75, 3.05) is 25.2 Å². The van der Waals surface area contributed by atoms with E-state index in [1.54, 1.807) is 25.3 Å². The van der Waals surface area contributed by atoms with E-state index in [9.17, 15) is 14.4 Å². The van der Waals surface area contributed by atoms with Gasteiger partial charge in [0.15, 0.2) is 0 Å². The highest BCUT2D eigenvalue weighted by Crippen LogP contribution is 2.37. The number of thioether (sulfide) groups is 1. The molecule has 4 rings (SSSR count). The van der Waals surface area contributed by atoms with Crippen molar-refractivity contribution in [3.8, 4) is 0 Å². The molecule has 2 heterocycles. The Morgan fingerprint density at radius 3 is 2.62 bits per heavy atom. The second-order valence-electron chi connectivity index (χ2n) is 8.07. The van der Waals surface area contributed by atoms with Crippen molar-refractivity contribution in [3.63, 3.8) is 0 Å². The van der Waals surface area contributed by atoms with E-state index in [2.05, 4.69) is 12.2 Å². The third-order valence-corrected chi connectivity index (χ3v) is 6.58. The molecule has 0 radical (unpaired) electrons. The van der Waals surface area contributed by atoms with Crippen molar-refractivity contribution < 1.29 is 19.1 Å². The first-order valence-corrected chi connectivity index (χ1v) is 12.0. The Morgan fingerprint density at radius 2 is 1.91 bits per heavy atom. The maximum Gasteiger partial charge on any atom is 0.298 e. The van der Waals surface area contributed by atoms with Crippen LogP contribution >= 0.6 is 11.8 Å². The van der Waals surface area contributed by atoms with Crippen molar-refractivity contribution >= 4 is 51.5 Å². The number of rotatable bonds is 8. The fourth-order valence-electron chi connectivity index (χ4n) is 4.02. The second kappa shape index (κ2) is 10.3. The average Bonchev–Trinajstić information content (AvgIpc) is 3.31. The number of nitrogens with one attached hydrogen (secondary N) is 1. The minimum absolute atomic E-state index is 0.119. The van der Waals surface area contributed by atoms with Gasteiger partial charge in [-0.05, 0) is 48.9 Å². The molecule has 7 nitrogen and oxygen atoms in total. The Balaban J connectivity index is 1.69. The van der Waals surface area contributed by atoms with Crippen LogP contribution in [0.3, 0.4) is 0 Å². The van der Waals surface area contributed by atoms with Crippen LogP contribution in [-0.2, 0) is 27.3 Å². The highest BCUT2D eigenvalue weighted by atomic mass is 32.2. The Morgan fingerprint density at radius 1 is 1.15 bits per heavy atom. The van der Waals surface area contributed by atoms with Crippen LogP contribution in [0, 0.1) is 6.92 Å². The molecule has 2 aromatic carbocycles. The normalized spacial score (nSPS) is 15.0. The third-order valence-electron chi connectivity index (χ3n) is 5.71. The minimum Gasteiger partial charge on any atom is -0.383 e. The van der Waals surface area contributed by atoms with Gasteiger partial charge in [-0.25, -0.2) is 4.90 Å². The van der Waals surface area contributed by atoms with Crippen LogP contribution < -0.4 is 10.2 Å². The van der Waals surface area contributed by atoms with Gasteiger partial charge in [0.2, 0.25) is 5.91 Å². The number of ether oxygens (including phenoxy) is 1. The number of para-hydroxylation sites is 1. The van der Waals surface area contributed by atoms with E-state index < -0.39 is 0 Å². The summed E-state index contributed by atoms with van der Waals surface area (Å²) < 4.78 is 6.91. The lowest BCUT2D eigenvalue weighted by Crippen LogP contribution is -2.30. The summed E-state index contributed by atoms with van der Waals surface area (Å²) in [5.41, 5.74) is 4.46. The Labute approximate surface area is 202 Å². The summed E-state index contributed by atoms with van der Waals surface area (Å²) in [7, 11) is 1.59. The maximum absolute atomic E-state index is 13.1. The number of hydrogen-bond acceptors (Lipinski definition) is 5. The lowest BCUT2D eigenvalue weighted by Gasteiger charge is -2.12. The number of imide groups is 1. The molecule has 0 unspecified atom stereocenters. The van der Waals surface area contributed by atoms with Crippen molar-refractivity contribution in [3.05, 3.63) is 70.3 Å². The van der Waals surface area contributed by atoms with Gasteiger partial charge < -0.3 is 14.6 Å². The number of anilines is 1. The van der Waals surface area contributed by atoms with Crippen LogP contribution in [0.4, 0.5) is 10.5 Å². The molecule has 1 aliphatic rings. The van der Waals surface area contributed by atoms with E-state index in [1.165, 1.54) is 4.90 Å². The molecular formula is C26H27N3O4S. The van der Waals surface area contributed by atoms with Gasteiger partial charge >= 0.3 is 0 Å². The summed E-state index contributed by atoms with van der Waals surface area (Å²) in [6.07, 6.45) is 4.43. The molecule has 1 aliphatic heterocycles. The largest absolute Gasteiger partial charge is 0.383 e. The number of carbonyl (C=O) groups excluding carboxylic acids is 3. The maximum atomic E-state index is 13.1. The van der Waals surface area contributed by atoms with Crippen LogP contribution in [0.15, 0.2) is 53.6 Å². The van der Waals surface area contributed by atoms with E-state index in [0.29, 0.717) is 23.7 Å². The molecule has 0 bridgehead atoms. The van der Waals surface area contributed by atoms with Gasteiger partial charge in [0.25, 0.3) is 11.1 Å². The van der Waals surface area contributed by atoms with Gasteiger partial charge in [0.05, 0.1) is 22.7 Å². The van der Waals surface area contributed by atoms with Gasteiger partial charge in [0, 0.05) is 30.8 Å². The molecule has 8 heteroatoms. The number of hydrogen-bond donors (Lipinski definition) is 1. The zero-order valence-electron chi connectivity index (χ0n) is 19.5. The molecule has 0 spiro atoms. The van der Waals surface area contributed by atoms with Crippen molar-refractivity contribution in [2.24, 2.45) is 0 Å². The number of aromatic nitrogens is 1. The monoisotopic (exact) mass is 477 g/mol. The van der Waals surface area contributed by atoms with Crippen molar-refractivity contribution in [2.45, 2.75) is 26.8 Å². The topological polar surface area (TPSA) is 80.6 Å². The van der Waals surface area contributed by atoms with E-state index in [4.69, 9.17) is 4.74 Å². The van der Waals surface area contributed by atoms with Gasteiger partial charge in [0.1, 0.15) is 6.54 Å². The summed E-state index contributed by atoms with van der Waals surface area (Å²) in [6.45, 7) is 5.05. The molecule has 0 aliphatic carbocycles. The van der Waals surface area contributed by atoms with Gasteiger partial charge in [-0.3, -0.25) is 14.4 Å². The zero-order valence-corrected chi connectivity index (χ0v) is 20.3. The molecule has 3 aromatic rings. The fourth-order valence-corrected chi connectivity index (χ4v) is 4.85. The molecular weight excluding hydrogens is 450 g/mol. The molecule has 1 aromatic heterocycles. The van der Waals surface area contributed by atoms with Crippen LogP contribution in [-0.4, -0.2) is 41.9 Å². The summed E-state index contributed by atoms with van der Waals surface area (Å²) in [6, 6.07) is 13.3. The number of aryl methyl sites for hydroxylation is 2. The SMILES string of the molecule is CCc1cccc2c(/C=C3\SC(=O)N(c4ccc(C)cc4)C3=O)cn(CC(=O)NCCOC)c12. The molecule has 3 amide bonds. The lowest BCUT2D eigenvalue weighted by atomic mass is 10.1. The van der Waals surface area contributed by atoms with Gasteiger partial charge in [-0.1, -0.05) is 42.8 Å². The van der Waals surface area contributed by atoms with E-state index in [0.717, 1.165) is 45.8 Å². The molecule has 34 heavy (non-hydrogen) atoms. The molecule has 176 valence electrons. The quantitative estimate of drug-likeness (QED) is 0.381. The van der Waals surface area contributed by atoms with E-state index in [-0.39, 0.29) is 23.6 Å². The zero-order chi connectivity index (χ0) is 24.2. The summed E-state index contributed by atoms with van der Waals surface area (Å²) in [4.78, 5) is 39.9. The number of benzene rings is 2. The second-order valence-corrected chi connectivity index (χ2v) is 9.07. The third kappa shape index (κ3) is 4.78. The summed E-state index contributed by atoms with van der Waals surface area (Å²) in [5, 5.41) is 3.46. The molecule has 1 fully saturated rings. The van der Waals surface area contributed by atoms with Crippen LogP contribution in [0.5, 0.6) is 0 Å². The van der Waals surface area contributed by atoms with Gasteiger partial charge in [-0.15, -0.1) is 0 Å². The number of amides is 3.